The van der Waals surface area contributed by atoms with Crippen molar-refractivity contribution in [2.75, 3.05) is 20.2 Å². The zero-order chi connectivity index (χ0) is 12.7. The van der Waals surface area contributed by atoms with E-state index < -0.39 is 0 Å². The van der Waals surface area contributed by atoms with E-state index in [0.29, 0.717) is 5.92 Å². The first-order valence-electron chi connectivity index (χ1n) is 6.53. The summed E-state index contributed by atoms with van der Waals surface area (Å²) in [6, 6.07) is 6.52. The van der Waals surface area contributed by atoms with Crippen molar-refractivity contribution in [3.63, 3.8) is 0 Å². The maximum absolute atomic E-state index is 5.85. The van der Waals surface area contributed by atoms with E-state index in [1.54, 1.807) is 0 Å². The van der Waals surface area contributed by atoms with Crippen LogP contribution in [0.4, 0.5) is 0 Å². The standard InChI is InChI=1S/C15H25NO/c1-12(2)14-8-7-13(3)15(11-14)17-10-6-5-9-16-4/h7-8,11-12,16H,5-6,9-10H2,1-4H3. The van der Waals surface area contributed by atoms with Gasteiger partial charge >= 0.3 is 0 Å². The predicted molar refractivity (Wildman–Crippen MR) is 73.9 cm³/mol. The summed E-state index contributed by atoms with van der Waals surface area (Å²) in [5.74, 6) is 1.60. The molecule has 1 aromatic rings. The first kappa shape index (κ1) is 14.0. The lowest BCUT2D eigenvalue weighted by Gasteiger charge is -2.12. The highest BCUT2D eigenvalue weighted by Crippen LogP contribution is 2.24. The Kier molecular flexibility index (Phi) is 6.06. The van der Waals surface area contributed by atoms with Crippen LogP contribution in [0, 0.1) is 6.92 Å². The van der Waals surface area contributed by atoms with E-state index >= 15 is 0 Å². The summed E-state index contributed by atoms with van der Waals surface area (Å²) in [7, 11) is 1.98. The lowest BCUT2D eigenvalue weighted by Crippen LogP contribution is -2.09. The van der Waals surface area contributed by atoms with Crippen LogP contribution in [0.2, 0.25) is 0 Å². The Hall–Kier alpha value is -1.02. The second kappa shape index (κ2) is 7.33. The number of hydrogen-bond donors (Lipinski definition) is 1. The summed E-state index contributed by atoms with van der Waals surface area (Å²) in [6.07, 6.45) is 2.27. The lowest BCUT2D eigenvalue weighted by atomic mass is 10.0. The highest BCUT2D eigenvalue weighted by atomic mass is 16.5. The van der Waals surface area contributed by atoms with Crippen LogP contribution in [-0.2, 0) is 0 Å². The van der Waals surface area contributed by atoms with E-state index in [1.165, 1.54) is 17.5 Å². The SMILES string of the molecule is CNCCCCOc1cc(C(C)C)ccc1C. The summed E-state index contributed by atoms with van der Waals surface area (Å²) in [5, 5.41) is 3.15. The number of rotatable bonds is 7. The summed E-state index contributed by atoms with van der Waals surface area (Å²) < 4.78 is 5.85. The molecule has 1 N–H and O–H groups in total. The van der Waals surface area contributed by atoms with Crippen molar-refractivity contribution in [3.05, 3.63) is 29.3 Å². The Morgan fingerprint density at radius 3 is 2.65 bits per heavy atom. The highest BCUT2D eigenvalue weighted by molar-refractivity contribution is 5.37. The fourth-order valence-corrected chi connectivity index (χ4v) is 1.72. The first-order valence-corrected chi connectivity index (χ1v) is 6.53. The van der Waals surface area contributed by atoms with Gasteiger partial charge in [0.25, 0.3) is 0 Å². The zero-order valence-corrected chi connectivity index (χ0v) is 11.5. The van der Waals surface area contributed by atoms with Gasteiger partial charge in [-0.15, -0.1) is 0 Å². The number of nitrogens with one attached hydrogen (secondary N) is 1. The van der Waals surface area contributed by atoms with Crippen molar-refractivity contribution in [1.82, 2.24) is 5.32 Å². The number of aryl methyl sites for hydroxylation is 1. The molecule has 0 amide bonds. The third-order valence-electron chi connectivity index (χ3n) is 2.96. The summed E-state index contributed by atoms with van der Waals surface area (Å²) >= 11 is 0. The van der Waals surface area contributed by atoms with Crippen molar-refractivity contribution < 1.29 is 4.74 Å². The van der Waals surface area contributed by atoms with Crippen molar-refractivity contribution >= 4 is 0 Å². The molecule has 0 aliphatic rings. The van der Waals surface area contributed by atoms with Crippen molar-refractivity contribution in [2.45, 2.75) is 39.5 Å². The third-order valence-corrected chi connectivity index (χ3v) is 2.96. The van der Waals surface area contributed by atoms with Gasteiger partial charge in [-0.25, -0.2) is 0 Å². The average molecular weight is 235 g/mol. The van der Waals surface area contributed by atoms with Crippen LogP contribution in [0.3, 0.4) is 0 Å². The average Bonchev–Trinajstić information content (AvgIpc) is 2.30. The molecule has 0 aromatic heterocycles. The number of ether oxygens (including phenoxy) is 1. The maximum Gasteiger partial charge on any atom is 0.122 e. The Labute approximate surface area is 105 Å². The molecule has 0 fully saturated rings. The number of hydrogen-bond acceptors (Lipinski definition) is 2. The van der Waals surface area contributed by atoms with Crippen LogP contribution in [0.5, 0.6) is 5.75 Å². The molecule has 0 spiro atoms. The summed E-state index contributed by atoms with van der Waals surface area (Å²) in [4.78, 5) is 0. The molecule has 17 heavy (non-hydrogen) atoms. The minimum Gasteiger partial charge on any atom is -0.493 e. The van der Waals surface area contributed by atoms with E-state index in [2.05, 4.69) is 44.3 Å². The molecule has 0 unspecified atom stereocenters. The summed E-state index contributed by atoms with van der Waals surface area (Å²) in [5.41, 5.74) is 2.57. The quantitative estimate of drug-likeness (QED) is 0.730. The lowest BCUT2D eigenvalue weighted by molar-refractivity contribution is 0.304. The molecular formula is C15H25NO. The second-order valence-corrected chi connectivity index (χ2v) is 4.84. The largest absolute Gasteiger partial charge is 0.493 e. The topological polar surface area (TPSA) is 21.3 Å². The van der Waals surface area contributed by atoms with Gasteiger partial charge in [-0.05, 0) is 56.5 Å². The molecule has 0 heterocycles. The molecule has 96 valence electrons. The van der Waals surface area contributed by atoms with E-state index in [4.69, 9.17) is 4.74 Å². The molecule has 1 aromatic carbocycles. The minimum atomic E-state index is 0.558. The van der Waals surface area contributed by atoms with Crippen LogP contribution in [0.15, 0.2) is 18.2 Å². The van der Waals surface area contributed by atoms with Gasteiger partial charge in [-0.3, -0.25) is 0 Å². The van der Waals surface area contributed by atoms with Crippen LogP contribution in [-0.4, -0.2) is 20.2 Å². The molecule has 0 saturated carbocycles. The van der Waals surface area contributed by atoms with E-state index in [9.17, 15) is 0 Å². The molecule has 2 heteroatoms. The van der Waals surface area contributed by atoms with Gasteiger partial charge in [0, 0.05) is 0 Å². The highest BCUT2D eigenvalue weighted by Gasteiger charge is 2.04. The van der Waals surface area contributed by atoms with Gasteiger partial charge in [0.15, 0.2) is 0 Å². The molecule has 0 aliphatic heterocycles. The van der Waals surface area contributed by atoms with Crippen LogP contribution in [0.25, 0.3) is 0 Å². The Bertz CT molecular complexity index is 334. The minimum absolute atomic E-state index is 0.558. The third kappa shape index (κ3) is 4.78. The van der Waals surface area contributed by atoms with Crippen LogP contribution < -0.4 is 10.1 Å². The van der Waals surface area contributed by atoms with Gasteiger partial charge in [-0.1, -0.05) is 26.0 Å². The maximum atomic E-state index is 5.85. The van der Waals surface area contributed by atoms with Crippen LogP contribution in [0.1, 0.15) is 43.7 Å². The molecule has 0 atom stereocenters. The first-order chi connectivity index (χ1) is 8.15. The number of benzene rings is 1. The van der Waals surface area contributed by atoms with Gasteiger partial charge in [-0.2, -0.15) is 0 Å². The molecule has 0 bridgehead atoms. The smallest absolute Gasteiger partial charge is 0.122 e. The van der Waals surface area contributed by atoms with Gasteiger partial charge in [0.2, 0.25) is 0 Å². The van der Waals surface area contributed by atoms with Crippen molar-refractivity contribution in [2.24, 2.45) is 0 Å². The Morgan fingerprint density at radius 2 is 2.00 bits per heavy atom. The Balaban J connectivity index is 2.49. The molecule has 0 radical (unpaired) electrons. The monoisotopic (exact) mass is 235 g/mol. The predicted octanol–water partition coefficient (Wildman–Crippen LogP) is 3.50. The van der Waals surface area contributed by atoms with E-state index in [0.717, 1.165) is 25.3 Å². The molecule has 2 nitrogen and oxygen atoms in total. The number of unbranched alkanes of at least 4 members (excludes halogenated alkanes) is 1. The fourth-order valence-electron chi connectivity index (χ4n) is 1.72. The van der Waals surface area contributed by atoms with Gasteiger partial charge < -0.3 is 10.1 Å². The van der Waals surface area contributed by atoms with Crippen molar-refractivity contribution in [1.29, 1.82) is 0 Å². The molecular weight excluding hydrogens is 210 g/mol. The van der Waals surface area contributed by atoms with Crippen molar-refractivity contribution in [3.8, 4) is 5.75 Å². The van der Waals surface area contributed by atoms with Crippen LogP contribution >= 0.6 is 0 Å². The summed E-state index contributed by atoms with van der Waals surface area (Å²) in [6.45, 7) is 8.40. The molecule has 0 aliphatic carbocycles. The molecule has 0 saturated heterocycles. The molecule has 1 rings (SSSR count). The second-order valence-electron chi connectivity index (χ2n) is 4.84. The fraction of sp³-hybridized carbons (Fsp3) is 0.600. The Morgan fingerprint density at radius 1 is 1.24 bits per heavy atom. The van der Waals surface area contributed by atoms with Gasteiger partial charge in [0.1, 0.15) is 5.75 Å². The van der Waals surface area contributed by atoms with E-state index in [-0.39, 0.29) is 0 Å². The zero-order valence-electron chi connectivity index (χ0n) is 11.5. The van der Waals surface area contributed by atoms with E-state index in [1.807, 2.05) is 7.05 Å². The normalized spacial score (nSPS) is 10.9. The van der Waals surface area contributed by atoms with Gasteiger partial charge in [0.05, 0.1) is 6.61 Å².